The first-order valence-corrected chi connectivity index (χ1v) is 21.6. The summed E-state index contributed by atoms with van der Waals surface area (Å²) >= 11 is 0. The lowest BCUT2D eigenvalue weighted by Crippen LogP contribution is -2.55. The molecule has 9 rings (SSSR count). The van der Waals surface area contributed by atoms with E-state index in [4.69, 9.17) is 14.7 Å². The number of ether oxygens (including phenoxy) is 1. The minimum absolute atomic E-state index is 0.0178. The topological polar surface area (TPSA) is 144 Å². The van der Waals surface area contributed by atoms with Crippen LogP contribution in [-0.4, -0.2) is 144 Å². The molecule has 1 aromatic carbocycles. The number of morpholine rings is 1. The van der Waals surface area contributed by atoms with Crippen LogP contribution >= 0.6 is 0 Å². The van der Waals surface area contributed by atoms with Crippen molar-refractivity contribution in [2.75, 3.05) is 94.7 Å². The molecule has 4 aliphatic heterocycles. The maximum atomic E-state index is 13.1. The van der Waals surface area contributed by atoms with E-state index in [1.165, 1.54) is 5.69 Å². The molecule has 2 N–H and O–H groups in total. The second-order valence-electron chi connectivity index (χ2n) is 17.1. The summed E-state index contributed by atoms with van der Waals surface area (Å²) in [5, 5.41) is 6.65. The summed E-state index contributed by atoms with van der Waals surface area (Å²) < 4.78 is 8.45. The standard InChI is InChI=1S/C44H57N11O4/c1-50(2)43(58)38-25-31-26-46-44(49-41(31)55(38)34-5-3-4-6-34)47-39-13-11-35(27-45-39)53-21-19-51(20-22-53)28-36-29-54(23-24-59-36)33-15-17-52(18-16-33)32-9-7-30(8-10-32)37-12-14-40(56)48-42(37)57/h7-11,13,25-27,33-34,36-37H,3-6,12,14-24,28-29H2,1-2H3,(H,48,56,57)(H,45,46,47,49)/t36-,37?/m1/s1. The Morgan fingerprint density at radius 2 is 1.59 bits per heavy atom. The van der Waals surface area contributed by atoms with Crippen molar-refractivity contribution in [1.29, 1.82) is 0 Å². The number of benzene rings is 1. The second-order valence-corrected chi connectivity index (χ2v) is 17.1. The van der Waals surface area contributed by atoms with Crippen molar-refractivity contribution in [2.24, 2.45) is 0 Å². The van der Waals surface area contributed by atoms with Gasteiger partial charge < -0.3 is 29.3 Å². The van der Waals surface area contributed by atoms with Crippen LogP contribution in [0.15, 0.2) is 54.9 Å². The highest BCUT2D eigenvalue weighted by atomic mass is 16.5. The van der Waals surface area contributed by atoms with Gasteiger partial charge in [-0.05, 0) is 68.0 Å². The third kappa shape index (κ3) is 8.64. The zero-order chi connectivity index (χ0) is 40.5. The maximum absolute atomic E-state index is 13.1. The number of carbonyl (C=O) groups excluding carboxylic acids is 3. The van der Waals surface area contributed by atoms with Crippen molar-refractivity contribution in [3.05, 3.63) is 66.1 Å². The lowest BCUT2D eigenvalue weighted by molar-refractivity contribution is -0.134. The zero-order valence-electron chi connectivity index (χ0n) is 34.4. The number of aromatic nitrogens is 4. The van der Waals surface area contributed by atoms with E-state index in [0.29, 0.717) is 36.3 Å². The maximum Gasteiger partial charge on any atom is 0.270 e. The highest BCUT2D eigenvalue weighted by Gasteiger charge is 2.32. The summed E-state index contributed by atoms with van der Waals surface area (Å²) in [6.07, 6.45) is 11.6. The molecule has 2 atom stereocenters. The van der Waals surface area contributed by atoms with Crippen molar-refractivity contribution in [3.8, 4) is 0 Å². The van der Waals surface area contributed by atoms with Gasteiger partial charge in [-0.1, -0.05) is 25.0 Å². The average Bonchev–Trinajstić information content (AvgIpc) is 3.93. The van der Waals surface area contributed by atoms with Gasteiger partial charge in [0.15, 0.2) is 0 Å². The fourth-order valence-electron chi connectivity index (χ4n) is 9.83. The summed E-state index contributed by atoms with van der Waals surface area (Å²) in [6.45, 7) is 9.54. The predicted octanol–water partition coefficient (Wildman–Crippen LogP) is 4.40. The van der Waals surface area contributed by atoms with Gasteiger partial charge >= 0.3 is 0 Å². The Morgan fingerprint density at radius 1 is 0.847 bits per heavy atom. The lowest BCUT2D eigenvalue weighted by atomic mass is 9.90. The molecule has 15 nitrogen and oxygen atoms in total. The van der Waals surface area contributed by atoms with E-state index in [1.807, 2.05) is 18.3 Å². The highest BCUT2D eigenvalue weighted by Crippen LogP contribution is 2.35. The van der Waals surface area contributed by atoms with Crippen LogP contribution in [0.2, 0.25) is 0 Å². The molecule has 1 aliphatic carbocycles. The third-order valence-electron chi connectivity index (χ3n) is 13.1. The first kappa shape index (κ1) is 39.3. The van der Waals surface area contributed by atoms with Gasteiger partial charge in [-0.3, -0.25) is 29.5 Å². The normalized spacial score (nSPS) is 22.9. The van der Waals surface area contributed by atoms with Gasteiger partial charge in [-0.15, -0.1) is 0 Å². The van der Waals surface area contributed by atoms with Crippen LogP contribution in [0.1, 0.15) is 79.4 Å². The van der Waals surface area contributed by atoms with E-state index in [2.05, 4.69) is 70.1 Å². The Labute approximate surface area is 346 Å². The number of piperidine rings is 2. The monoisotopic (exact) mass is 803 g/mol. The Hall–Kier alpha value is -5.12. The number of amides is 3. The number of hydrogen-bond donors (Lipinski definition) is 2. The SMILES string of the molecule is CN(C)C(=O)c1cc2cnc(Nc3ccc(N4CCN(C[C@@H]5CN(C6CCN(c7ccc(C8CCC(=O)NC8=O)cc7)CC6)CCO5)CC4)cn3)nc2n1C1CCCC1. The smallest absolute Gasteiger partial charge is 0.270 e. The van der Waals surface area contributed by atoms with Crippen molar-refractivity contribution in [3.63, 3.8) is 0 Å². The van der Waals surface area contributed by atoms with E-state index >= 15 is 0 Å². The predicted molar refractivity (Wildman–Crippen MR) is 227 cm³/mol. The molecule has 3 aromatic heterocycles. The van der Waals surface area contributed by atoms with E-state index < -0.39 is 0 Å². The van der Waals surface area contributed by atoms with Gasteiger partial charge in [0.1, 0.15) is 17.2 Å². The van der Waals surface area contributed by atoms with Gasteiger partial charge in [0.25, 0.3) is 5.91 Å². The number of imide groups is 1. The van der Waals surface area contributed by atoms with Crippen LogP contribution in [0, 0.1) is 0 Å². The van der Waals surface area contributed by atoms with E-state index in [9.17, 15) is 14.4 Å². The van der Waals surface area contributed by atoms with Gasteiger partial charge in [0, 0.05) is 109 Å². The Balaban J connectivity index is 0.736. The molecule has 0 spiro atoms. The van der Waals surface area contributed by atoms with Crippen molar-refractivity contribution < 1.29 is 19.1 Å². The number of carbonyl (C=O) groups is 3. The molecule has 312 valence electrons. The van der Waals surface area contributed by atoms with Crippen molar-refractivity contribution in [2.45, 2.75) is 75.5 Å². The first-order valence-electron chi connectivity index (χ1n) is 21.6. The first-order chi connectivity index (χ1) is 28.8. The van der Waals surface area contributed by atoms with Crippen LogP contribution in [0.25, 0.3) is 11.0 Å². The van der Waals surface area contributed by atoms with Gasteiger partial charge in [0.2, 0.25) is 17.8 Å². The molecule has 5 aliphatic rings. The minimum atomic E-state index is -0.243. The molecular weight excluding hydrogens is 747 g/mol. The third-order valence-corrected chi connectivity index (χ3v) is 13.1. The van der Waals surface area contributed by atoms with E-state index in [1.54, 1.807) is 25.2 Å². The van der Waals surface area contributed by atoms with Crippen LogP contribution in [0.4, 0.5) is 23.1 Å². The van der Waals surface area contributed by atoms with Gasteiger partial charge in [0.05, 0.1) is 30.5 Å². The summed E-state index contributed by atoms with van der Waals surface area (Å²) in [5.41, 5.74) is 4.74. The summed E-state index contributed by atoms with van der Waals surface area (Å²) in [5.74, 6) is 0.531. The van der Waals surface area contributed by atoms with Crippen LogP contribution in [0.5, 0.6) is 0 Å². The molecule has 59 heavy (non-hydrogen) atoms. The van der Waals surface area contributed by atoms with Crippen molar-refractivity contribution in [1.82, 2.24) is 39.5 Å². The summed E-state index contributed by atoms with van der Waals surface area (Å²) in [4.78, 5) is 62.9. The molecular formula is C44H57N11O4. The highest BCUT2D eigenvalue weighted by molar-refractivity contribution is 6.01. The van der Waals surface area contributed by atoms with Crippen LogP contribution < -0.4 is 20.4 Å². The molecule has 5 fully saturated rings. The number of rotatable bonds is 10. The molecule has 4 saturated heterocycles. The Bertz CT molecular complexity index is 2120. The zero-order valence-corrected chi connectivity index (χ0v) is 34.4. The minimum Gasteiger partial charge on any atom is -0.374 e. The van der Waals surface area contributed by atoms with Gasteiger partial charge in [-0.25, -0.2) is 9.97 Å². The number of pyridine rings is 1. The number of piperazine rings is 1. The molecule has 0 radical (unpaired) electrons. The van der Waals surface area contributed by atoms with Crippen LogP contribution in [-0.2, 0) is 14.3 Å². The Kier molecular flexibility index (Phi) is 11.5. The fraction of sp³-hybridized carbons (Fsp3) is 0.545. The number of fused-ring (bicyclic) bond motifs is 1. The quantitative estimate of drug-likeness (QED) is 0.220. The van der Waals surface area contributed by atoms with E-state index in [-0.39, 0.29) is 35.8 Å². The summed E-state index contributed by atoms with van der Waals surface area (Å²) in [7, 11) is 3.58. The molecule has 4 aromatic rings. The molecule has 15 heteroatoms. The van der Waals surface area contributed by atoms with Crippen molar-refractivity contribution >= 4 is 51.9 Å². The van der Waals surface area contributed by atoms with Gasteiger partial charge in [-0.2, -0.15) is 4.98 Å². The average molecular weight is 804 g/mol. The molecule has 7 heterocycles. The Morgan fingerprint density at radius 3 is 2.31 bits per heavy atom. The number of nitrogens with zero attached hydrogens (tertiary/aromatic N) is 9. The fourth-order valence-corrected chi connectivity index (χ4v) is 9.83. The van der Waals surface area contributed by atoms with Crippen LogP contribution in [0.3, 0.4) is 0 Å². The number of nitrogens with one attached hydrogen (secondary N) is 2. The largest absolute Gasteiger partial charge is 0.374 e. The molecule has 0 bridgehead atoms. The molecule has 1 saturated carbocycles. The van der Waals surface area contributed by atoms with E-state index in [0.717, 1.165) is 126 Å². The second kappa shape index (κ2) is 17.2. The summed E-state index contributed by atoms with van der Waals surface area (Å²) in [6, 6.07) is 15.2. The molecule has 1 unspecified atom stereocenters. The molecule has 3 amide bonds. The number of hydrogen-bond acceptors (Lipinski definition) is 12. The number of anilines is 4. The lowest BCUT2D eigenvalue weighted by Gasteiger charge is -2.44.